The van der Waals surface area contributed by atoms with E-state index in [0.29, 0.717) is 30.9 Å². The number of benzene rings is 1. The molecule has 2 aromatic heterocycles. The Hall–Kier alpha value is -2.71. The van der Waals surface area contributed by atoms with E-state index in [1.54, 1.807) is 15.5 Å². The molecule has 4 rings (SSSR count). The standard InChI is InChI=1S/C20H22N4O3S/c21-10-16-6-7-19-22-18(13-24(19)11-16)20(25)23-9-8-17(12-23)28(26,27)14-15-4-2-1-3-5-15/h1-7,11,13,17H,8-10,12,14,21H2. The first-order valence-electron chi connectivity index (χ1n) is 9.19. The lowest BCUT2D eigenvalue weighted by molar-refractivity contribution is 0.0788. The molecule has 1 amide bonds. The van der Waals surface area contributed by atoms with Crippen LogP contribution in [0, 0.1) is 0 Å². The van der Waals surface area contributed by atoms with E-state index in [1.165, 1.54) is 0 Å². The number of sulfone groups is 1. The van der Waals surface area contributed by atoms with Crippen LogP contribution in [0.25, 0.3) is 5.65 Å². The SMILES string of the molecule is NCc1ccc2nc(C(=O)N3CCC(S(=O)(=O)Cc4ccccc4)C3)cn2c1. The largest absolute Gasteiger partial charge is 0.336 e. The number of pyridine rings is 1. The first-order chi connectivity index (χ1) is 13.5. The molecule has 1 atom stereocenters. The molecule has 0 spiro atoms. The number of imidazole rings is 1. The van der Waals surface area contributed by atoms with Crippen LogP contribution in [-0.2, 0) is 22.1 Å². The van der Waals surface area contributed by atoms with Gasteiger partial charge in [-0.05, 0) is 23.6 Å². The number of carbonyl (C=O) groups is 1. The number of carbonyl (C=O) groups excluding carboxylic acids is 1. The van der Waals surface area contributed by atoms with E-state index in [9.17, 15) is 13.2 Å². The van der Waals surface area contributed by atoms with E-state index < -0.39 is 15.1 Å². The number of nitrogens with two attached hydrogens (primary N) is 1. The van der Waals surface area contributed by atoms with Crippen LogP contribution in [0.2, 0.25) is 0 Å². The third-order valence-corrected chi connectivity index (χ3v) is 7.25. The lowest BCUT2D eigenvalue weighted by atomic mass is 10.2. The topological polar surface area (TPSA) is 97.8 Å². The van der Waals surface area contributed by atoms with Crippen molar-refractivity contribution in [2.75, 3.05) is 13.1 Å². The van der Waals surface area contributed by atoms with Gasteiger partial charge in [0.15, 0.2) is 9.84 Å². The fraction of sp³-hybridized carbons (Fsp3) is 0.300. The summed E-state index contributed by atoms with van der Waals surface area (Å²) >= 11 is 0. The number of nitrogens with zero attached hydrogens (tertiary/aromatic N) is 3. The quantitative estimate of drug-likeness (QED) is 0.704. The van der Waals surface area contributed by atoms with Gasteiger partial charge in [-0.15, -0.1) is 0 Å². The summed E-state index contributed by atoms with van der Waals surface area (Å²) in [4.78, 5) is 18.8. The molecule has 28 heavy (non-hydrogen) atoms. The molecule has 8 heteroatoms. The summed E-state index contributed by atoms with van der Waals surface area (Å²) in [5, 5.41) is -0.544. The van der Waals surface area contributed by atoms with E-state index >= 15 is 0 Å². The number of likely N-dealkylation sites (tertiary alicyclic amines) is 1. The minimum absolute atomic E-state index is 0.00321. The zero-order valence-electron chi connectivity index (χ0n) is 15.4. The van der Waals surface area contributed by atoms with Crippen molar-refractivity contribution in [2.24, 2.45) is 5.73 Å². The van der Waals surface area contributed by atoms with Gasteiger partial charge in [-0.1, -0.05) is 36.4 Å². The van der Waals surface area contributed by atoms with Gasteiger partial charge in [0.25, 0.3) is 5.91 Å². The molecule has 3 heterocycles. The number of aromatic nitrogens is 2. The van der Waals surface area contributed by atoms with Crippen LogP contribution in [0.5, 0.6) is 0 Å². The van der Waals surface area contributed by atoms with Crippen molar-refractivity contribution >= 4 is 21.4 Å². The smallest absolute Gasteiger partial charge is 0.274 e. The number of hydrogen-bond acceptors (Lipinski definition) is 5. The molecule has 1 aromatic carbocycles. The Morgan fingerprint density at radius 3 is 2.64 bits per heavy atom. The Balaban J connectivity index is 1.48. The number of amides is 1. The van der Waals surface area contributed by atoms with E-state index in [0.717, 1.165) is 11.1 Å². The van der Waals surface area contributed by atoms with Crippen molar-refractivity contribution in [1.29, 1.82) is 0 Å². The van der Waals surface area contributed by atoms with Gasteiger partial charge in [0, 0.05) is 32.0 Å². The van der Waals surface area contributed by atoms with E-state index in [-0.39, 0.29) is 18.2 Å². The number of fused-ring (bicyclic) bond motifs is 1. The molecule has 0 saturated carbocycles. The Kier molecular flexibility index (Phi) is 4.91. The molecule has 3 aromatic rings. The van der Waals surface area contributed by atoms with Crippen LogP contribution in [0.4, 0.5) is 0 Å². The maximum Gasteiger partial charge on any atom is 0.274 e. The molecule has 1 fully saturated rings. The molecule has 1 unspecified atom stereocenters. The first-order valence-corrected chi connectivity index (χ1v) is 10.9. The summed E-state index contributed by atoms with van der Waals surface area (Å²) in [7, 11) is -3.33. The molecule has 1 saturated heterocycles. The lowest BCUT2D eigenvalue weighted by Gasteiger charge is -2.15. The molecule has 146 valence electrons. The average Bonchev–Trinajstić information content (AvgIpc) is 3.35. The highest BCUT2D eigenvalue weighted by atomic mass is 32.2. The Labute approximate surface area is 163 Å². The van der Waals surface area contributed by atoms with Crippen molar-refractivity contribution < 1.29 is 13.2 Å². The lowest BCUT2D eigenvalue weighted by Crippen LogP contribution is -2.32. The van der Waals surface area contributed by atoms with Gasteiger partial charge in [-0.3, -0.25) is 4.79 Å². The van der Waals surface area contributed by atoms with E-state index in [4.69, 9.17) is 5.73 Å². The Morgan fingerprint density at radius 2 is 1.89 bits per heavy atom. The minimum atomic E-state index is -3.33. The van der Waals surface area contributed by atoms with Gasteiger partial charge in [0.2, 0.25) is 0 Å². The Morgan fingerprint density at radius 1 is 1.11 bits per heavy atom. The summed E-state index contributed by atoms with van der Waals surface area (Å²) in [6.07, 6.45) is 3.96. The monoisotopic (exact) mass is 398 g/mol. The fourth-order valence-electron chi connectivity index (χ4n) is 3.55. The molecule has 2 N–H and O–H groups in total. The zero-order chi connectivity index (χ0) is 19.7. The number of hydrogen-bond donors (Lipinski definition) is 1. The summed E-state index contributed by atoms with van der Waals surface area (Å²) < 4.78 is 27.3. The molecule has 1 aliphatic rings. The third-order valence-electron chi connectivity index (χ3n) is 5.12. The molecule has 0 aliphatic carbocycles. The van der Waals surface area contributed by atoms with E-state index in [1.807, 2.05) is 48.7 Å². The predicted molar refractivity (Wildman–Crippen MR) is 106 cm³/mol. The highest BCUT2D eigenvalue weighted by Crippen LogP contribution is 2.22. The van der Waals surface area contributed by atoms with Gasteiger partial charge < -0.3 is 15.0 Å². The molecular formula is C20H22N4O3S. The summed E-state index contributed by atoms with van der Waals surface area (Å²) in [5.74, 6) is -0.244. The van der Waals surface area contributed by atoms with Crippen molar-refractivity contribution in [3.05, 3.63) is 71.7 Å². The van der Waals surface area contributed by atoms with Gasteiger partial charge >= 0.3 is 0 Å². The van der Waals surface area contributed by atoms with Crippen molar-refractivity contribution in [1.82, 2.24) is 14.3 Å². The van der Waals surface area contributed by atoms with Gasteiger partial charge in [-0.2, -0.15) is 0 Å². The third kappa shape index (κ3) is 3.65. The Bertz CT molecular complexity index is 1110. The van der Waals surface area contributed by atoms with Crippen LogP contribution < -0.4 is 5.73 Å². The van der Waals surface area contributed by atoms with Gasteiger partial charge in [0.05, 0.1) is 11.0 Å². The highest BCUT2D eigenvalue weighted by molar-refractivity contribution is 7.91. The van der Waals surface area contributed by atoms with Crippen molar-refractivity contribution in [2.45, 2.75) is 24.0 Å². The second kappa shape index (κ2) is 7.37. The maximum atomic E-state index is 12.8. The van der Waals surface area contributed by atoms with Crippen LogP contribution in [0.1, 0.15) is 28.0 Å². The van der Waals surface area contributed by atoms with Gasteiger partial charge in [-0.25, -0.2) is 13.4 Å². The average molecular weight is 398 g/mol. The molecule has 0 bridgehead atoms. The molecular weight excluding hydrogens is 376 g/mol. The van der Waals surface area contributed by atoms with Crippen LogP contribution in [0.15, 0.2) is 54.9 Å². The second-order valence-electron chi connectivity index (χ2n) is 7.09. The van der Waals surface area contributed by atoms with Crippen LogP contribution in [0.3, 0.4) is 0 Å². The van der Waals surface area contributed by atoms with Crippen LogP contribution >= 0.6 is 0 Å². The number of rotatable bonds is 5. The van der Waals surface area contributed by atoms with Crippen molar-refractivity contribution in [3.63, 3.8) is 0 Å². The van der Waals surface area contributed by atoms with Crippen molar-refractivity contribution in [3.8, 4) is 0 Å². The summed E-state index contributed by atoms with van der Waals surface area (Å²) in [6, 6.07) is 12.8. The first kappa shape index (κ1) is 18.6. The zero-order valence-corrected chi connectivity index (χ0v) is 16.2. The molecule has 0 radical (unpaired) electrons. The van der Waals surface area contributed by atoms with Gasteiger partial charge in [0.1, 0.15) is 11.3 Å². The summed E-state index contributed by atoms with van der Waals surface area (Å²) in [5.41, 5.74) is 8.34. The van der Waals surface area contributed by atoms with E-state index in [2.05, 4.69) is 4.98 Å². The molecule has 7 nitrogen and oxygen atoms in total. The predicted octanol–water partition coefficient (Wildman–Crippen LogP) is 1.62. The maximum absolute atomic E-state index is 12.8. The molecule has 1 aliphatic heterocycles. The minimum Gasteiger partial charge on any atom is -0.336 e. The summed E-state index contributed by atoms with van der Waals surface area (Å²) in [6.45, 7) is 1.03. The van der Waals surface area contributed by atoms with Crippen LogP contribution in [-0.4, -0.2) is 46.9 Å². The fourth-order valence-corrected chi connectivity index (χ4v) is 5.32. The highest BCUT2D eigenvalue weighted by Gasteiger charge is 2.36. The normalized spacial score (nSPS) is 17.3. The second-order valence-corrected chi connectivity index (χ2v) is 9.37.